The molecule has 138 valence electrons. The van der Waals surface area contributed by atoms with Crippen LogP contribution in [0, 0.1) is 5.82 Å². The van der Waals surface area contributed by atoms with Crippen molar-refractivity contribution < 1.29 is 23.1 Å². The lowest BCUT2D eigenvalue weighted by Gasteiger charge is -2.31. The molecule has 1 N–H and O–H groups in total. The number of benzene rings is 1. The SMILES string of the molecule is O=C(CCOc1ccccc1F)NC1CCN(C(=O)c2ccco2)CC1. The van der Waals surface area contributed by atoms with Crippen LogP contribution in [0.25, 0.3) is 0 Å². The largest absolute Gasteiger partial charge is 0.490 e. The number of furan rings is 1. The molecular formula is C19H21FN2O4. The zero-order valence-electron chi connectivity index (χ0n) is 14.3. The smallest absolute Gasteiger partial charge is 0.289 e. The van der Waals surface area contributed by atoms with Gasteiger partial charge in [-0.1, -0.05) is 12.1 Å². The predicted molar refractivity (Wildman–Crippen MR) is 92.3 cm³/mol. The predicted octanol–water partition coefficient (Wildman–Crippen LogP) is 2.61. The molecule has 2 heterocycles. The molecule has 1 fully saturated rings. The number of rotatable bonds is 6. The third-order valence-corrected chi connectivity index (χ3v) is 4.30. The van der Waals surface area contributed by atoms with Crippen molar-refractivity contribution in [3.63, 3.8) is 0 Å². The van der Waals surface area contributed by atoms with E-state index in [-0.39, 0.29) is 36.6 Å². The Morgan fingerprint density at radius 1 is 1.19 bits per heavy atom. The van der Waals surface area contributed by atoms with Crippen LogP contribution < -0.4 is 10.1 Å². The van der Waals surface area contributed by atoms with Gasteiger partial charge in [0.05, 0.1) is 19.3 Å². The van der Waals surface area contributed by atoms with Gasteiger partial charge in [0, 0.05) is 19.1 Å². The van der Waals surface area contributed by atoms with E-state index in [0.717, 1.165) is 0 Å². The topological polar surface area (TPSA) is 71.8 Å². The van der Waals surface area contributed by atoms with Crippen LogP contribution in [0.3, 0.4) is 0 Å². The van der Waals surface area contributed by atoms with Crippen molar-refractivity contribution in [2.45, 2.75) is 25.3 Å². The third kappa shape index (κ3) is 4.62. The summed E-state index contributed by atoms with van der Waals surface area (Å²) in [5.41, 5.74) is 0. The molecule has 2 amide bonds. The first-order valence-corrected chi connectivity index (χ1v) is 8.63. The second kappa shape index (κ2) is 8.51. The number of nitrogens with zero attached hydrogens (tertiary/aromatic N) is 1. The van der Waals surface area contributed by atoms with Gasteiger partial charge in [-0.05, 0) is 37.1 Å². The highest BCUT2D eigenvalue weighted by molar-refractivity contribution is 5.91. The maximum absolute atomic E-state index is 13.4. The lowest BCUT2D eigenvalue weighted by molar-refractivity contribution is -0.122. The Morgan fingerprint density at radius 2 is 1.96 bits per heavy atom. The van der Waals surface area contributed by atoms with E-state index in [0.29, 0.717) is 31.7 Å². The van der Waals surface area contributed by atoms with Crippen molar-refractivity contribution >= 4 is 11.8 Å². The number of hydrogen-bond acceptors (Lipinski definition) is 4. The summed E-state index contributed by atoms with van der Waals surface area (Å²) in [4.78, 5) is 25.9. The van der Waals surface area contributed by atoms with Gasteiger partial charge in [0.25, 0.3) is 5.91 Å². The number of likely N-dealkylation sites (tertiary alicyclic amines) is 1. The summed E-state index contributed by atoms with van der Waals surface area (Å²) in [5.74, 6) is -0.237. The van der Waals surface area contributed by atoms with E-state index in [1.165, 1.54) is 18.4 Å². The Balaban J connectivity index is 1.37. The number of hydrogen-bond donors (Lipinski definition) is 1. The Hall–Kier alpha value is -2.83. The Kier molecular flexibility index (Phi) is 5.88. The summed E-state index contributed by atoms with van der Waals surface area (Å²) < 4.78 is 23.8. The molecule has 1 aromatic heterocycles. The monoisotopic (exact) mass is 360 g/mol. The molecule has 0 unspecified atom stereocenters. The van der Waals surface area contributed by atoms with Gasteiger partial charge in [0.1, 0.15) is 0 Å². The zero-order valence-corrected chi connectivity index (χ0v) is 14.3. The van der Waals surface area contributed by atoms with Crippen LogP contribution in [0.1, 0.15) is 29.8 Å². The number of ether oxygens (including phenoxy) is 1. The van der Waals surface area contributed by atoms with E-state index < -0.39 is 5.82 Å². The maximum Gasteiger partial charge on any atom is 0.289 e. The molecule has 1 saturated heterocycles. The molecule has 6 nitrogen and oxygen atoms in total. The highest BCUT2D eigenvalue weighted by Crippen LogP contribution is 2.16. The fraction of sp³-hybridized carbons (Fsp3) is 0.368. The molecule has 1 aliphatic rings. The molecule has 3 rings (SSSR count). The second-order valence-electron chi connectivity index (χ2n) is 6.14. The molecular weight excluding hydrogens is 339 g/mol. The van der Waals surface area contributed by atoms with Gasteiger partial charge >= 0.3 is 0 Å². The fourth-order valence-electron chi connectivity index (χ4n) is 2.90. The van der Waals surface area contributed by atoms with Gasteiger partial charge in [0.2, 0.25) is 5.91 Å². The second-order valence-corrected chi connectivity index (χ2v) is 6.14. The first kappa shape index (κ1) is 18.0. The van der Waals surface area contributed by atoms with E-state index in [1.807, 2.05) is 0 Å². The first-order valence-electron chi connectivity index (χ1n) is 8.63. The Bertz CT molecular complexity index is 740. The van der Waals surface area contributed by atoms with Crippen molar-refractivity contribution in [2.24, 2.45) is 0 Å². The number of para-hydroxylation sites is 1. The molecule has 0 atom stereocenters. The Morgan fingerprint density at radius 3 is 2.65 bits per heavy atom. The molecule has 0 bridgehead atoms. The lowest BCUT2D eigenvalue weighted by atomic mass is 10.0. The quantitative estimate of drug-likeness (QED) is 0.860. The highest BCUT2D eigenvalue weighted by atomic mass is 19.1. The summed E-state index contributed by atoms with van der Waals surface area (Å²) in [6.07, 6.45) is 3.00. The molecule has 0 radical (unpaired) electrons. The number of halogens is 1. The van der Waals surface area contributed by atoms with E-state index in [9.17, 15) is 14.0 Å². The Labute approximate surface area is 150 Å². The number of carbonyl (C=O) groups is 2. The summed E-state index contributed by atoms with van der Waals surface area (Å²) in [5, 5.41) is 2.94. The molecule has 1 aliphatic heterocycles. The van der Waals surface area contributed by atoms with Crippen LogP contribution in [0.15, 0.2) is 47.1 Å². The van der Waals surface area contributed by atoms with Gasteiger partial charge in [-0.3, -0.25) is 9.59 Å². The van der Waals surface area contributed by atoms with Gasteiger partial charge in [0.15, 0.2) is 17.3 Å². The van der Waals surface area contributed by atoms with Crippen molar-refractivity contribution in [3.05, 3.63) is 54.2 Å². The summed E-state index contributed by atoms with van der Waals surface area (Å²) in [6, 6.07) is 9.45. The maximum atomic E-state index is 13.4. The van der Waals surface area contributed by atoms with Crippen LogP contribution >= 0.6 is 0 Å². The summed E-state index contributed by atoms with van der Waals surface area (Å²) in [7, 11) is 0. The number of nitrogens with one attached hydrogen (secondary N) is 1. The molecule has 2 aromatic rings. The first-order chi connectivity index (χ1) is 12.6. The van der Waals surface area contributed by atoms with Crippen LogP contribution in [0.2, 0.25) is 0 Å². The summed E-state index contributed by atoms with van der Waals surface area (Å²) in [6.45, 7) is 1.25. The average Bonchev–Trinajstić information content (AvgIpc) is 3.18. The molecule has 7 heteroatoms. The van der Waals surface area contributed by atoms with Crippen LogP contribution in [-0.4, -0.2) is 42.5 Å². The molecule has 1 aromatic carbocycles. The molecule has 0 spiro atoms. The number of amides is 2. The minimum Gasteiger partial charge on any atom is -0.490 e. The van der Waals surface area contributed by atoms with Crippen LogP contribution in [-0.2, 0) is 4.79 Å². The normalized spacial score (nSPS) is 14.9. The van der Waals surface area contributed by atoms with E-state index >= 15 is 0 Å². The van der Waals surface area contributed by atoms with Crippen molar-refractivity contribution in [2.75, 3.05) is 19.7 Å². The van der Waals surface area contributed by atoms with Crippen molar-refractivity contribution in [1.82, 2.24) is 10.2 Å². The van der Waals surface area contributed by atoms with E-state index in [2.05, 4.69) is 5.32 Å². The average molecular weight is 360 g/mol. The lowest BCUT2D eigenvalue weighted by Crippen LogP contribution is -2.46. The molecule has 0 aliphatic carbocycles. The minimum atomic E-state index is -0.443. The van der Waals surface area contributed by atoms with Crippen LogP contribution in [0.4, 0.5) is 4.39 Å². The minimum absolute atomic E-state index is 0.0246. The van der Waals surface area contributed by atoms with Crippen molar-refractivity contribution in [1.29, 1.82) is 0 Å². The molecule has 26 heavy (non-hydrogen) atoms. The standard InChI is InChI=1S/C19H21FN2O4/c20-15-4-1-2-5-16(15)26-13-9-18(23)21-14-7-10-22(11-8-14)19(24)17-6-3-12-25-17/h1-6,12,14H,7-11,13H2,(H,21,23). The van der Waals surface area contributed by atoms with E-state index in [4.69, 9.17) is 9.15 Å². The van der Waals surface area contributed by atoms with Gasteiger partial charge in [-0.15, -0.1) is 0 Å². The number of carbonyl (C=O) groups excluding carboxylic acids is 2. The summed E-state index contributed by atoms with van der Waals surface area (Å²) >= 11 is 0. The van der Waals surface area contributed by atoms with E-state index in [1.54, 1.807) is 29.2 Å². The molecule has 0 saturated carbocycles. The van der Waals surface area contributed by atoms with Crippen molar-refractivity contribution in [3.8, 4) is 5.75 Å². The van der Waals surface area contributed by atoms with Crippen LogP contribution in [0.5, 0.6) is 5.75 Å². The van der Waals surface area contributed by atoms with Gasteiger partial charge < -0.3 is 19.4 Å². The highest BCUT2D eigenvalue weighted by Gasteiger charge is 2.25. The third-order valence-electron chi connectivity index (χ3n) is 4.30. The van der Waals surface area contributed by atoms with Gasteiger partial charge in [-0.25, -0.2) is 4.39 Å². The van der Waals surface area contributed by atoms with Gasteiger partial charge in [-0.2, -0.15) is 0 Å². The number of piperidine rings is 1. The zero-order chi connectivity index (χ0) is 18.4. The fourth-order valence-corrected chi connectivity index (χ4v) is 2.90.